The molecule has 146 valence electrons. The van der Waals surface area contributed by atoms with E-state index in [0.29, 0.717) is 28.6 Å². The Bertz CT molecular complexity index is 721. The lowest BCUT2D eigenvalue weighted by Gasteiger charge is -2.39. The van der Waals surface area contributed by atoms with Crippen LogP contribution in [0.3, 0.4) is 0 Å². The van der Waals surface area contributed by atoms with E-state index in [1.165, 1.54) is 0 Å². The van der Waals surface area contributed by atoms with Crippen molar-refractivity contribution in [1.29, 1.82) is 5.26 Å². The summed E-state index contributed by atoms with van der Waals surface area (Å²) in [5, 5.41) is 13.0. The largest absolute Gasteiger partial charge is 0.326 e. The summed E-state index contributed by atoms with van der Waals surface area (Å²) in [7, 11) is 3.35. The van der Waals surface area contributed by atoms with E-state index in [-0.39, 0.29) is 24.9 Å². The van der Waals surface area contributed by atoms with E-state index in [2.05, 4.69) is 11.4 Å². The van der Waals surface area contributed by atoms with E-state index < -0.39 is 5.54 Å². The number of para-hydroxylation sites is 1. The highest BCUT2D eigenvalue weighted by molar-refractivity contribution is 6.39. The lowest BCUT2D eigenvalue weighted by atomic mass is 9.81. The number of nitrogens with zero attached hydrogens (tertiary/aromatic N) is 3. The highest BCUT2D eigenvalue weighted by Gasteiger charge is 2.38. The first-order valence-corrected chi connectivity index (χ1v) is 9.65. The van der Waals surface area contributed by atoms with Crippen molar-refractivity contribution in [3.63, 3.8) is 0 Å². The number of benzene rings is 1. The molecule has 2 rings (SSSR count). The number of halogens is 2. The zero-order valence-electron chi connectivity index (χ0n) is 15.6. The first-order valence-electron chi connectivity index (χ1n) is 8.89. The van der Waals surface area contributed by atoms with Gasteiger partial charge in [0.15, 0.2) is 0 Å². The second-order valence-corrected chi connectivity index (χ2v) is 7.79. The topological polar surface area (TPSA) is 76.4 Å². The second-order valence-electron chi connectivity index (χ2n) is 6.97. The number of nitrogens with one attached hydrogen (secondary N) is 1. The number of nitriles is 1. The van der Waals surface area contributed by atoms with Crippen LogP contribution in [-0.2, 0) is 9.59 Å². The van der Waals surface area contributed by atoms with Crippen LogP contribution in [0.1, 0.15) is 32.1 Å². The fourth-order valence-corrected chi connectivity index (χ4v) is 3.82. The Morgan fingerprint density at radius 3 is 2.30 bits per heavy atom. The van der Waals surface area contributed by atoms with Crippen LogP contribution in [0.25, 0.3) is 0 Å². The van der Waals surface area contributed by atoms with Crippen molar-refractivity contribution in [3.8, 4) is 6.07 Å². The Balaban J connectivity index is 1.92. The van der Waals surface area contributed by atoms with E-state index in [0.717, 1.165) is 19.3 Å². The Labute approximate surface area is 170 Å². The number of hydrogen-bond acceptors (Lipinski definition) is 4. The third kappa shape index (κ3) is 5.35. The molecule has 8 heteroatoms. The first-order chi connectivity index (χ1) is 12.8. The molecule has 1 aliphatic carbocycles. The molecule has 0 radical (unpaired) electrons. The molecule has 0 unspecified atom stereocenters. The van der Waals surface area contributed by atoms with Crippen molar-refractivity contribution in [2.24, 2.45) is 0 Å². The van der Waals surface area contributed by atoms with Gasteiger partial charge in [-0.3, -0.25) is 14.5 Å². The molecule has 27 heavy (non-hydrogen) atoms. The summed E-state index contributed by atoms with van der Waals surface area (Å²) < 4.78 is 0. The molecular formula is C19H24Cl2N4O2. The molecule has 0 heterocycles. The van der Waals surface area contributed by atoms with Gasteiger partial charge in [0.05, 0.1) is 34.9 Å². The van der Waals surface area contributed by atoms with E-state index in [1.807, 2.05) is 0 Å². The summed E-state index contributed by atoms with van der Waals surface area (Å²) in [6.45, 7) is 0.0459. The molecule has 1 aromatic carbocycles. The van der Waals surface area contributed by atoms with Crippen LogP contribution in [0, 0.1) is 11.3 Å². The molecule has 1 aromatic rings. The molecule has 2 amide bonds. The Kier molecular flexibility index (Phi) is 7.49. The lowest BCUT2D eigenvalue weighted by molar-refractivity contribution is -0.136. The minimum absolute atomic E-state index is 0.000680. The normalized spacial score (nSPS) is 15.9. The zero-order valence-corrected chi connectivity index (χ0v) is 17.1. The van der Waals surface area contributed by atoms with Crippen molar-refractivity contribution >= 4 is 40.7 Å². The molecule has 0 spiro atoms. The quantitative estimate of drug-likeness (QED) is 0.777. The number of carbonyl (C=O) groups excluding carboxylic acids is 2. The minimum atomic E-state index is -0.733. The van der Waals surface area contributed by atoms with Crippen molar-refractivity contribution in [2.45, 2.75) is 37.6 Å². The molecule has 0 aromatic heterocycles. The van der Waals surface area contributed by atoms with Gasteiger partial charge in [0.25, 0.3) is 0 Å². The molecule has 0 bridgehead atoms. The van der Waals surface area contributed by atoms with Gasteiger partial charge in [-0.05, 0) is 32.0 Å². The average Bonchev–Trinajstić information content (AvgIpc) is 2.64. The molecule has 0 atom stereocenters. The smallest absolute Gasteiger partial charge is 0.238 e. The molecule has 1 saturated carbocycles. The van der Waals surface area contributed by atoms with E-state index in [1.54, 1.807) is 42.1 Å². The SMILES string of the molecule is CN(CC(=O)Nc1c(Cl)cccc1Cl)CC(=O)N(C)C1(C#N)CCCCC1. The van der Waals surface area contributed by atoms with Gasteiger partial charge in [-0.15, -0.1) is 0 Å². The second kappa shape index (κ2) is 9.41. The highest BCUT2D eigenvalue weighted by atomic mass is 35.5. The highest BCUT2D eigenvalue weighted by Crippen LogP contribution is 2.32. The molecule has 1 fully saturated rings. The van der Waals surface area contributed by atoms with Crippen LogP contribution in [0.2, 0.25) is 10.0 Å². The van der Waals surface area contributed by atoms with Crippen molar-refractivity contribution in [3.05, 3.63) is 28.2 Å². The average molecular weight is 411 g/mol. The molecule has 0 aliphatic heterocycles. The zero-order chi connectivity index (χ0) is 20.0. The Hall–Kier alpha value is -1.81. The fraction of sp³-hybridized carbons (Fsp3) is 0.526. The Morgan fingerprint density at radius 2 is 1.74 bits per heavy atom. The van der Waals surface area contributed by atoms with Crippen molar-refractivity contribution in [2.75, 3.05) is 32.5 Å². The van der Waals surface area contributed by atoms with Gasteiger partial charge in [-0.2, -0.15) is 5.26 Å². The predicted molar refractivity (Wildman–Crippen MR) is 107 cm³/mol. The first kappa shape index (κ1) is 21.5. The van der Waals surface area contributed by atoms with Crippen LogP contribution in [0.15, 0.2) is 18.2 Å². The van der Waals surface area contributed by atoms with Gasteiger partial charge < -0.3 is 10.2 Å². The van der Waals surface area contributed by atoms with Crippen LogP contribution >= 0.6 is 23.2 Å². The summed E-state index contributed by atoms with van der Waals surface area (Å²) in [5.41, 5.74) is -0.378. The van der Waals surface area contributed by atoms with Crippen molar-refractivity contribution in [1.82, 2.24) is 9.80 Å². The van der Waals surface area contributed by atoms with Crippen LogP contribution in [0.4, 0.5) is 5.69 Å². The lowest BCUT2D eigenvalue weighted by Crippen LogP contribution is -2.52. The van der Waals surface area contributed by atoms with Crippen molar-refractivity contribution < 1.29 is 9.59 Å². The van der Waals surface area contributed by atoms with Crippen LogP contribution < -0.4 is 5.32 Å². The summed E-state index contributed by atoms with van der Waals surface area (Å²) in [6, 6.07) is 7.30. The van der Waals surface area contributed by atoms with E-state index >= 15 is 0 Å². The Morgan fingerprint density at radius 1 is 1.15 bits per heavy atom. The summed E-state index contributed by atoms with van der Waals surface area (Å²) >= 11 is 12.1. The van der Waals surface area contributed by atoms with Gasteiger partial charge in [0, 0.05) is 7.05 Å². The summed E-state index contributed by atoms with van der Waals surface area (Å²) in [4.78, 5) is 28.0. The molecular weight excluding hydrogens is 387 g/mol. The van der Waals surface area contributed by atoms with Gasteiger partial charge in [0.1, 0.15) is 5.54 Å². The number of hydrogen-bond donors (Lipinski definition) is 1. The monoisotopic (exact) mass is 410 g/mol. The van der Waals surface area contributed by atoms with Gasteiger partial charge >= 0.3 is 0 Å². The number of rotatable bonds is 6. The van der Waals surface area contributed by atoms with Gasteiger partial charge in [-0.1, -0.05) is 48.5 Å². The number of carbonyl (C=O) groups is 2. The maximum absolute atomic E-state index is 12.6. The number of amides is 2. The van der Waals surface area contributed by atoms with Gasteiger partial charge in [0.2, 0.25) is 11.8 Å². The molecule has 6 nitrogen and oxygen atoms in total. The van der Waals surface area contributed by atoms with Crippen LogP contribution in [0.5, 0.6) is 0 Å². The predicted octanol–water partition coefficient (Wildman–Crippen LogP) is 3.55. The summed E-state index contributed by atoms with van der Waals surface area (Å²) in [6.07, 6.45) is 4.38. The maximum Gasteiger partial charge on any atom is 0.238 e. The number of likely N-dealkylation sites (N-methyl/N-ethyl adjacent to an activating group) is 2. The fourth-order valence-electron chi connectivity index (χ4n) is 3.33. The summed E-state index contributed by atoms with van der Waals surface area (Å²) in [5.74, 6) is -0.500. The standard InChI is InChI=1S/C19H24Cl2N4O2/c1-24(11-16(26)23-18-14(20)7-6-8-15(18)21)12-17(27)25(2)19(13-22)9-4-3-5-10-19/h6-8H,3-5,9-12H2,1-2H3,(H,23,26). The molecule has 1 aliphatic rings. The minimum Gasteiger partial charge on any atom is -0.326 e. The van der Waals surface area contributed by atoms with Crippen LogP contribution in [-0.4, -0.2) is 54.3 Å². The molecule has 0 saturated heterocycles. The third-order valence-corrected chi connectivity index (χ3v) is 5.58. The molecule has 1 N–H and O–H groups in total. The van der Waals surface area contributed by atoms with E-state index in [4.69, 9.17) is 23.2 Å². The maximum atomic E-state index is 12.6. The van der Waals surface area contributed by atoms with Gasteiger partial charge in [-0.25, -0.2) is 0 Å². The van der Waals surface area contributed by atoms with E-state index in [9.17, 15) is 14.9 Å². The number of anilines is 1. The third-order valence-electron chi connectivity index (χ3n) is 4.95.